The van der Waals surface area contributed by atoms with Crippen molar-refractivity contribution >= 4 is 0 Å². The van der Waals surface area contributed by atoms with E-state index in [1.54, 1.807) is 0 Å². The van der Waals surface area contributed by atoms with E-state index in [1.165, 1.54) is 11.1 Å². The molecule has 1 saturated heterocycles. The van der Waals surface area contributed by atoms with Crippen molar-refractivity contribution < 1.29 is 4.74 Å². The molecule has 1 aliphatic rings. The lowest BCUT2D eigenvalue weighted by Crippen LogP contribution is -2.17. The van der Waals surface area contributed by atoms with E-state index in [0.717, 1.165) is 6.54 Å². The van der Waals surface area contributed by atoms with Crippen LogP contribution in [-0.2, 0) is 10.2 Å². The molecule has 0 bridgehead atoms. The summed E-state index contributed by atoms with van der Waals surface area (Å²) in [6.07, 6.45) is 0.385. The minimum absolute atomic E-state index is 0.173. The smallest absolute Gasteiger partial charge is 0.106 e. The second kappa shape index (κ2) is 4.19. The van der Waals surface area contributed by atoms with Gasteiger partial charge in [-0.15, -0.1) is 0 Å². The molecule has 1 N–H and O–H groups in total. The zero-order valence-electron chi connectivity index (χ0n) is 10.6. The minimum atomic E-state index is 0.173. The highest BCUT2D eigenvalue weighted by atomic mass is 16.5. The van der Waals surface area contributed by atoms with Crippen LogP contribution in [0.15, 0.2) is 24.3 Å². The van der Waals surface area contributed by atoms with Crippen molar-refractivity contribution in [2.24, 2.45) is 0 Å². The molecule has 2 rings (SSSR count). The molecule has 2 heteroatoms. The Morgan fingerprint density at radius 3 is 2.25 bits per heavy atom. The Kier molecular flexibility index (Phi) is 3.04. The van der Waals surface area contributed by atoms with E-state index in [4.69, 9.17) is 4.74 Å². The van der Waals surface area contributed by atoms with Gasteiger partial charge in [0.2, 0.25) is 0 Å². The van der Waals surface area contributed by atoms with Gasteiger partial charge in [-0.25, -0.2) is 0 Å². The molecule has 1 aromatic rings. The molecule has 2 unspecified atom stereocenters. The Morgan fingerprint density at radius 2 is 1.81 bits per heavy atom. The molecule has 0 spiro atoms. The highest BCUT2D eigenvalue weighted by Crippen LogP contribution is 2.26. The van der Waals surface area contributed by atoms with Gasteiger partial charge in [0.05, 0.1) is 6.10 Å². The van der Waals surface area contributed by atoms with E-state index < -0.39 is 0 Å². The second-order valence-electron chi connectivity index (χ2n) is 5.55. The van der Waals surface area contributed by atoms with Crippen LogP contribution in [0.5, 0.6) is 0 Å². The van der Waals surface area contributed by atoms with Gasteiger partial charge in [-0.05, 0) is 23.5 Å². The van der Waals surface area contributed by atoms with E-state index in [-0.39, 0.29) is 17.7 Å². The van der Waals surface area contributed by atoms with E-state index in [9.17, 15) is 0 Å². The maximum atomic E-state index is 5.76. The zero-order valence-corrected chi connectivity index (χ0v) is 10.6. The summed E-state index contributed by atoms with van der Waals surface area (Å²) in [4.78, 5) is 0. The number of benzene rings is 1. The monoisotopic (exact) mass is 219 g/mol. The van der Waals surface area contributed by atoms with Crippen LogP contribution in [0.25, 0.3) is 0 Å². The van der Waals surface area contributed by atoms with Gasteiger partial charge in [-0.1, -0.05) is 45.0 Å². The Balaban J connectivity index is 2.14. The van der Waals surface area contributed by atoms with Gasteiger partial charge in [-0.3, -0.25) is 5.32 Å². The van der Waals surface area contributed by atoms with Crippen molar-refractivity contribution in [1.29, 1.82) is 0 Å². The lowest BCUT2D eigenvalue weighted by molar-refractivity contribution is 0.0529. The third-order valence-electron chi connectivity index (χ3n) is 3.11. The van der Waals surface area contributed by atoms with E-state index in [0.29, 0.717) is 0 Å². The summed E-state index contributed by atoms with van der Waals surface area (Å²) in [5, 5.41) is 3.29. The van der Waals surface area contributed by atoms with Crippen LogP contribution in [0.1, 0.15) is 44.9 Å². The first-order valence-corrected chi connectivity index (χ1v) is 5.96. The number of ether oxygens (including phenoxy) is 1. The fourth-order valence-corrected chi connectivity index (χ4v) is 2.01. The summed E-state index contributed by atoms with van der Waals surface area (Å²) in [5.74, 6) is 0. The predicted molar refractivity (Wildman–Crippen MR) is 66.4 cm³/mol. The van der Waals surface area contributed by atoms with Crippen LogP contribution in [0.4, 0.5) is 0 Å². The summed E-state index contributed by atoms with van der Waals surface area (Å²) in [6, 6.07) is 8.79. The van der Waals surface area contributed by atoms with Crippen molar-refractivity contribution in [2.45, 2.75) is 45.4 Å². The number of hydrogen-bond donors (Lipinski definition) is 1. The van der Waals surface area contributed by atoms with Crippen molar-refractivity contribution in [3.63, 3.8) is 0 Å². The summed E-state index contributed by atoms with van der Waals surface area (Å²) < 4.78 is 5.76. The van der Waals surface area contributed by atoms with Crippen LogP contribution in [0.2, 0.25) is 0 Å². The Morgan fingerprint density at radius 1 is 1.19 bits per heavy atom. The highest BCUT2D eigenvalue weighted by molar-refractivity contribution is 5.29. The zero-order chi connectivity index (χ0) is 11.8. The lowest BCUT2D eigenvalue weighted by atomic mass is 9.86. The van der Waals surface area contributed by atoms with Crippen molar-refractivity contribution in [3.05, 3.63) is 35.4 Å². The molecule has 0 amide bonds. The molecular formula is C14H21NO. The van der Waals surface area contributed by atoms with E-state index in [2.05, 4.69) is 50.4 Å². The summed E-state index contributed by atoms with van der Waals surface area (Å²) in [5.41, 5.74) is 2.86. The predicted octanol–water partition coefficient (Wildman–Crippen LogP) is 2.99. The molecule has 16 heavy (non-hydrogen) atoms. The van der Waals surface area contributed by atoms with Gasteiger partial charge >= 0.3 is 0 Å². The first-order chi connectivity index (χ1) is 7.47. The van der Waals surface area contributed by atoms with Gasteiger partial charge in [-0.2, -0.15) is 0 Å². The fraction of sp³-hybridized carbons (Fsp3) is 0.571. The highest BCUT2D eigenvalue weighted by Gasteiger charge is 2.23. The SMILES string of the molecule is CC1NCC(c2ccc(C(C)(C)C)cc2)O1. The summed E-state index contributed by atoms with van der Waals surface area (Å²) >= 11 is 0. The van der Waals surface area contributed by atoms with E-state index >= 15 is 0 Å². The van der Waals surface area contributed by atoms with Crippen molar-refractivity contribution in [1.82, 2.24) is 5.32 Å². The molecule has 1 heterocycles. The molecule has 1 aliphatic heterocycles. The normalized spacial score (nSPS) is 26.0. The molecule has 0 aliphatic carbocycles. The molecular weight excluding hydrogens is 198 g/mol. The van der Waals surface area contributed by atoms with Gasteiger partial charge in [0.1, 0.15) is 6.23 Å². The van der Waals surface area contributed by atoms with Gasteiger partial charge in [0, 0.05) is 6.54 Å². The fourth-order valence-electron chi connectivity index (χ4n) is 2.01. The first-order valence-electron chi connectivity index (χ1n) is 5.96. The van der Waals surface area contributed by atoms with Crippen LogP contribution >= 0.6 is 0 Å². The molecule has 0 saturated carbocycles. The number of hydrogen-bond acceptors (Lipinski definition) is 2. The third-order valence-corrected chi connectivity index (χ3v) is 3.11. The molecule has 2 atom stereocenters. The maximum Gasteiger partial charge on any atom is 0.106 e. The minimum Gasteiger partial charge on any atom is -0.354 e. The topological polar surface area (TPSA) is 21.3 Å². The Bertz CT molecular complexity index is 350. The average molecular weight is 219 g/mol. The van der Waals surface area contributed by atoms with Gasteiger partial charge in [0.15, 0.2) is 0 Å². The van der Waals surface area contributed by atoms with Crippen molar-refractivity contribution in [2.75, 3.05) is 6.54 Å². The summed E-state index contributed by atoms with van der Waals surface area (Å²) in [7, 11) is 0. The van der Waals surface area contributed by atoms with Crippen LogP contribution in [0, 0.1) is 0 Å². The first kappa shape index (κ1) is 11.6. The molecule has 0 aromatic heterocycles. The Hall–Kier alpha value is -0.860. The molecule has 2 nitrogen and oxygen atoms in total. The molecule has 88 valence electrons. The molecule has 1 aromatic carbocycles. The second-order valence-corrected chi connectivity index (χ2v) is 5.55. The largest absolute Gasteiger partial charge is 0.354 e. The van der Waals surface area contributed by atoms with Crippen LogP contribution in [-0.4, -0.2) is 12.8 Å². The quantitative estimate of drug-likeness (QED) is 0.784. The van der Waals surface area contributed by atoms with Crippen molar-refractivity contribution in [3.8, 4) is 0 Å². The molecule has 1 fully saturated rings. The average Bonchev–Trinajstić information content (AvgIpc) is 2.64. The maximum absolute atomic E-state index is 5.76. The molecule has 0 radical (unpaired) electrons. The van der Waals surface area contributed by atoms with E-state index in [1.807, 2.05) is 6.92 Å². The van der Waals surface area contributed by atoms with Gasteiger partial charge in [0.25, 0.3) is 0 Å². The third kappa shape index (κ3) is 2.45. The number of nitrogens with one attached hydrogen (secondary N) is 1. The standard InChI is InChI=1S/C14H21NO/c1-10-15-9-13(16-10)11-5-7-12(8-6-11)14(2,3)4/h5-8,10,13,15H,9H2,1-4H3. The number of rotatable bonds is 1. The van der Waals surface area contributed by atoms with Crippen LogP contribution < -0.4 is 5.32 Å². The summed E-state index contributed by atoms with van der Waals surface area (Å²) in [6.45, 7) is 9.66. The lowest BCUT2D eigenvalue weighted by Gasteiger charge is -2.20. The Labute approximate surface area is 98.0 Å². The van der Waals surface area contributed by atoms with Gasteiger partial charge < -0.3 is 4.74 Å². The van der Waals surface area contributed by atoms with Crippen LogP contribution in [0.3, 0.4) is 0 Å².